The first-order valence-electron chi connectivity index (χ1n) is 8.26. The maximum absolute atomic E-state index is 12.4. The van der Waals surface area contributed by atoms with Crippen LogP contribution >= 0.6 is 0 Å². The first-order valence-corrected chi connectivity index (χ1v) is 8.26. The van der Waals surface area contributed by atoms with Crippen molar-refractivity contribution in [2.75, 3.05) is 6.61 Å². The Bertz CT molecular complexity index is 748. The number of carbonyl (C=O) groups excluding carboxylic acids is 2. The lowest BCUT2D eigenvalue weighted by molar-refractivity contribution is -0.147. The largest absolute Gasteiger partial charge is 0.461 e. The number of nitrogens with one attached hydrogen (secondary N) is 1. The SMILES string of the molecule is CCOC(=O)c1[nH]c2c(c1-c1ccccc1)CCCC2OC(C)=O. The minimum absolute atomic E-state index is 0.310. The molecule has 0 radical (unpaired) electrons. The van der Waals surface area contributed by atoms with Crippen LogP contribution in [0.2, 0.25) is 0 Å². The molecule has 1 aromatic heterocycles. The van der Waals surface area contributed by atoms with Crippen LogP contribution in [0.3, 0.4) is 0 Å². The third kappa shape index (κ3) is 3.07. The first-order chi connectivity index (χ1) is 11.6. The van der Waals surface area contributed by atoms with Crippen LogP contribution in [-0.2, 0) is 20.7 Å². The van der Waals surface area contributed by atoms with E-state index in [1.807, 2.05) is 30.3 Å². The van der Waals surface area contributed by atoms with E-state index in [0.717, 1.165) is 41.6 Å². The normalized spacial score (nSPS) is 16.3. The summed E-state index contributed by atoms with van der Waals surface area (Å²) in [6.45, 7) is 3.50. The quantitative estimate of drug-likeness (QED) is 0.867. The van der Waals surface area contributed by atoms with Crippen LogP contribution in [0.15, 0.2) is 30.3 Å². The molecule has 2 aromatic rings. The number of ether oxygens (including phenoxy) is 2. The van der Waals surface area contributed by atoms with E-state index in [4.69, 9.17) is 9.47 Å². The van der Waals surface area contributed by atoms with E-state index in [2.05, 4.69) is 4.98 Å². The number of esters is 2. The molecule has 24 heavy (non-hydrogen) atoms. The molecule has 1 atom stereocenters. The third-order valence-electron chi connectivity index (χ3n) is 4.20. The lowest BCUT2D eigenvalue weighted by Crippen LogP contribution is -2.15. The highest BCUT2D eigenvalue weighted by Crippen LogP contribution is 2.40. The van der Waals surface area contributed by atoms with Gasteiger partial charge in [0.25, 0.3) is 0 Å². The van der Waals surface area contributed by atoms with Gasteiger partial charge in [0.1, 0.15) is 11.8 Å². The maximum atomic E-state index is 12.4. The minimum atomic E-state index is -0.382. The fraction of sp³-hybridized carbons (Fsp3) is 0.368. The number of hydrogen-bond donors (Lipinski definition) is 1. The van der Waals surface area contributed by atoms with Crippen LogP contribution in [0.4, 0.5) is 0 Å². The zero-order valence-electron chi connectivity index (χ0n) is 13.9. The molecule has 0 spiro atoms. The second-order valence-electron chi connectivity index (χ2n) is 5.84. The van der Waals surface area contributed by atoms with Gasteiger partial charge in [-0.3, -0.25) is 4.79 Å². The summed E-state index contributed by atoms with van der Waals surface area (Å²) in [5, 5.41) is 0. The molecule has 0 saturated carbocycles. The average molecular weight is 327 g/mol. The van der Waals surface area contributed by atoms with Gasteiger partial charge in [0, 0.05) is 12.5 Å². The summed E-state index contributed by atoms with van der Waals surface area (Å²) in [5.74, 6) is -0.700. The van der Waals surface area contributed by atoms with E-state index in [-0.39, 0.29) is 18.0 Å². The van der Waals surface area contributed by atoms with Gasteiger partial charge in [0.2, 0.25) is 0 Å². The van der Waals surface area contributed by atoms with Gasteiger partial charge in [0.15, 0.2) is 0 Å². The highest BCUT2D eigenvalue weighted by atomic mass is 16.5. The molecule has 1 aliphatic rings. The van der Waals surface area contributed by atoms with Crippen molar-refractivity contribution in [3.63, 3.8) is 0 Å². The van der Waals surface area contributed by atoms with Crippen LogP contribution in [0.1, 0.15) is 54.5 Å². The number of aromatic amines is 1. The van der Waals surface area contributed by atoms with Gasteiger partial charge >= 0.3 is 11.9 Å². The fourth-order valence-corrected chi connectivity index (χ4v) is 3.30. The smallest absolute Gasteiger partial charge is 0.355 e. The molecule has 1 aromatic carbocycles. The Balaban J connectivity index is 2.13. The average Bonchev–Trinajstić information content (AvgIpc) is 2.96. The number of carbonyl (C=O) groups is 2. The molecule has 0 bridgehead atoms. The summed E-state index contributed by atoms with van der Waals surface area (Å²) in [4.78, 5) is 27.0. The minimum Gasteiger partial charge on any atom is -0.461 e. The summed E-state index contributed by atoms with van der Waals surface area (Å²) in [6.07, 6.45) is 2.17. The van der Waals surface area contributed by atoms with Crippen molar-refractivity contribution < 1.29 is 19.1 Å². The number of benzene rings is 1. The number of aromatic nitrogens is 1. The molecular formula is C19H21NO4. The summed E-state index contributed by atoms with van der Waals surface area (Å²) in [6, 6.07) is 9.77. The molecule has 5 nitrogen and oxygen atoms in total. The number of hydrogen-bond acceptors (Lipinski definition) is 4. The highest BCUT2D eigenvalue weighted by molar-refractivity contribution is 5.97. The summed E-state index contributed by atoms with van der Waals surface area (Å²) in [7, 11) is 0. The second kappa shape index (κ2) is 6.91. The van der Waals surface area contributed by atoms with Gasteiger partial charge in [-0.1, -0.05) is 30.3 Å². The maximum Gasteiger partial charge on any atom is 0.355 e. The third-order valence-corrected chi connectivity index (χ3v) is 4.20. The molecule has 1 N–H and O–H groups in total. The number of rotatable bonds is 4. The summed E-state index contributed by atoms with van der Waals surface area (Å²) >= 11 is 0. The van der Waals surface area contributed by atoms with Gasteiger partial charge < -0.3 is 14.5 Å². The predicted octanol–water partition coefficient (Wildman–Crippen LogP) is 3.80. The molecule has 0 fully saturated rings. The van der Waals surface area contributed by atoms with Gasteiger partial charge in [-0.05, 0) is 37.3 Å². The first kappa shape index (κ1) is 16.3. The standard InChI is InChI=1S/C19H21NO4/c1-3-23-19(22)18-16(13-8-5-4-6-9-13)14-10-7-11-15(17(14)20-18)24-12(2)21/h4-6,8-9,15,20H,3,7,10-11H2,1-2H3. The van der Waals surface area contributed by atoms with Crippen LogP contribution in [0.5, 0.6) is 0 Å². The van der Waals surface area contributed by atoms with E-state index in [0.29, 0.717) is 12.3 Å². The van der Waals surface area contributed by atoms with E-state index in [1.165, 1.54) is 6.92 Å². The zero-order valence-corrected chi connectivity index (χ0v) is 13.9. The van der Waals surface area contributed by atoms with Crippen molar-refractivity contribution in [1.29, 1.82) is 0 Å². The molecule has 0 amide bonds. The molecule has 5 heteroatoms. The molecule has 0 saturated heterocycles. The molecule has 1 unspecified atom stereocenters. The Hall–Kier alpha value is -2.56. The van der Waals surface area contributed by atoms with Gasteiger partial charge in [-0.15, -0.1) is 0 Å². The molecule has 1 heterocycles. The van der Waals surface area contributed by atoms with Gasteiger partial charge in [-0.2, -0.15) is 0 Å². The van der Waals surface area contributed by atoms with Crippen LogP contribution < -0.4 is 0 Å². The van der Waals surface area contributed by atoms with Gasteiger partial charge in [0.05, 0.1) is 12.3 Å². The summed E-state index contributed by atoms with van der Waals surface area (Å²) in [5.41, 5.74) is 4.12. The van der Waals surface area contributed by atoms with E-state index < -0.39 is 0 Å². The fourth-order valence-electron chi connectivity index (χ4n) is 3.30. The number of H-pyrrole nitrogens is 1. The Morgan fingerprint density at radius 2 is 2.00 bits per heavy atom. The van der Waals surface area contributed by atoms with Crippen LogP contribution in [0, 0.1) is 0 Å². The second-order valence-corrected chi connectivity index (χ2v) is 5.84. The molecule has 126 valence electrons. The van der Waals surface area contributed by atoms with E-state index in [1.54, 1.807) is 6.92 Å². The molecule has 3 rings (SSSR count). The van der Waals surface area contributed by atoms with Crippen molar-refractivity contribution in [1.82, 2.24) is 4.98 Å². The highest BCUT2D eigenvalue weighted by Gasteiger charge is 2.31. The van der Waals surface area contributed by atoms with Crippen molar-refractivity contribution >= 4 is 11.9 Å². The zero-order chi connectivity index (χ0) is 17.1. The van der Waals surface area contributed by atoms with Crippen LogP contribution in [0.25, 0.3) is 11.1 Å². The lowest BCUT2D eigenvalue weighted by Gasteiger charge is -2.22. The van der Waals surface area contributed by atoms with Crippen LogP contribution in [-0.4, -0.2) is 23.5 Å². The van der Waals surface area contributed by atoms with Gasteiger partial charge in [-0.25, -0.2) is 4.79 Å². The summed E-state index contributed by atoms with van der Waals surface area (Å²) < 4.78 is 10.6. The van der Waals surface area contributed by atoms with E-state index >= 15 is 0 Å². The Morgan fingerprint density at radius 3 is 2.67 bits per heavy atom. The molecule has 0 aliphatic heterocycles. The topological polar surface area (TPSA) is 68.4 Å². The molecular weight excluding hydrogens is 306 g/mol. The lowest BCUT2D eigenvalue weighted by atomic mass is 9.89. The van der Waals surface area contributed by atoms with E-state index in [9.17, 15) is 9.59 Å². The predicted molar refractivity (Wildman–Crippen MR) is 89.6 cm³/mol. The molecule has 1 aliphatic carbocycles. The Morgan fingerprint density at radius 1 is 1.25 bits per heavy atom. The van der Waals surface area contributed by atoms with Crippen molar-refractivity contribution in [3.05, 3.63) is 47.3 Å². The Kier molecular flexibility index (Phi) is 4.69. The van der Waals surface area contributed by atoms with Crippen molar-refractivity contribution in [2.24, 2.45) is 0 Å². The van der Waals surface area contributed by atoms with Crippen molar-refractivity contribution in [2.45, 2.75) is 39.2 Å². The monoisotopic (exact) mass is 327 g/mol. The van der Waals surface area contributed by atoms with Crippen molar-refractivity contribution in [3.8, 4) is 11.1 Å². The Labute approximate surface area is 141 Å². The number of fused-ring (bicyclic) bond motifs is 1.